The first-order chi connectivity index (χ1) is 14.8. The van der Waals surface area contributed by atoms with Gasteiger partial charge < -0.3 is 15.2 Å². The molecular formula is C21H18N2O6S2. The van der Waals surface area contributed by atoms with Crippen LogP contribution in [0.2, 0.25) is 0 Å². The van der Waals surface area contributed by atoms with Crippen LogP contribution in [0.5, 0.6) is 5.75 Å². The Balaban J connectivity index is 1.45. The molecule has 8 nitrogen and oxygen atoms in total. The highest BCUT2D eigenvalue weighted by Crippen LogP contribution is 2.68. The molecule has 1 saturated heterocycles. The molecule has 2 aliphatic carbocycles. The number of aromatic amines is 1. The summed E-state index contributed by atoms with van der Waals surface area (Å²) in [6, 6.07) is 6.94. The third-order valence-electron chi connectivity index (χ3n) is 7.36. The Labute approximate surface area is 184 Å². The number of benzene rings is 1. The van der Waals surface area contributed by atoms with Gasteiger partial charge in [0.15, 0.2) is 0 Å². The number of nitrogens with one attached hydrogen (secondary N) is 1. The maximum Gasteiger partial charge on any atom is 0.323 e. The molecule has 0 unspecified atom stereocenters. The Morgan fingerprint density at radius 3 is 2.45 bits per heavy atom. The van der Waals surface area contributed by atoms with Crippen LogP contribution < -0.4 is 4.87 Å². The number of carbonyl (C=O) groups excluding carboxylic acids is 2. The number of amides is 2. The van der Waals surface area contributed by atoms with Crippen molar-refractivity contribution < 1.29 is 24.6 Å². The van der Waals surface area contributed by atoms with Crippen molar-refractivity contribution in [2.75, 3.05) is 6.54 Å². The molecule has 6 rings (SSSR count). The zero-order valence-corrected chi connectivity index (χ0v) is 17.7. The van der Waals surface area contributed by atoms with Crippen molar-refractivity contribution >= 4 is 40.9 Å². The van der Waals surface area contributed by atoms with Gasteiger partial charge in [0.1, 0.15) is 12.3 Å². The van der Waals surface area contributed by atoms with Crippen LogP contribution in [0.15, 0.2) is 34.1 Å². The zero-order valence-electron chi connectivity index (χ0n) is 16.1. The van der Waals surface area contributed by atoms with Gasteiger partial charge in [-0.15, -0.1) is 11.8 Å². The Morgan fingerprint density at radius 1 is 1.10 bits per heavy atom. The molecule has 7 atom stereocenters. The number of aromatic nitrogens is 1. The third-order valence-corrected chi connectivity index (χ3v) is 9.95. The molecule has 0 radical (unpaired) electrons. The van der Waals surface area contributed by atoms with E-state index in [4.69, 9.17) is 5.11 Å². The summed E-state index contributed by atoms with van der Waals surface area (Å²) in [6.45, 7) is -0.589. The molecule has 2 aromatic rings. The molecule has 1 aromatic heterocycles. The van der Waals surface area contributed by atoms with E-state index in [0.29, 0.717) is 0 Å². The highest BCUT2D eigenvalue weighted by Gasteiger charge is 2.69. The summed E-state index contributed by atoms with van der Waals surface area (Å²) in [5, 5.41) is 19.8. The number of carboxylic acids is 1. The van der Waals surface area contributed by atoms with E-state index < -0.39 is 24.3 Å². The van der Waals surface area contributed by atoms with E-state index in [1.54, 1.807) is 23.9 Å². The first-order valence-electron chi connectivity index (χ1n) is 10.1. The molecule has 2 saturated carbocycles. The quantitative estimate of drug-likeness (QED) is 0.597. The normalized spacial score (nSPS) is 35.2. The molecule has 160 valence electrons. The number of thioether (sulfide) groups is 1. The van der Waals surface area contributed by atoms with Crippen molar-refractivity contribution in [2.45, 2.75) is 22.6 Å². The van der Waals surface area contributed by atoms with Gasteiger partial charge in [0.25, 0.3) is 0 Å². The van der Waals surface area contributed by atoms with E-state index in [1.807, 2.05) is 12.1 Å². The summed E-state index contributed by atoms with van der Waals surface area (Å²) in [6.07, 6.45) is 0.754. The maximum atomic E-state index is 13.1. The number of fused-ring (bicyclic) bond motifs is 9. The lowest BCUT2D eigenvalue weighted by Gasteiger charge is -2.43. The summed E-state index contributed by atoms with van der Waals surface area (Å²) in [5.41, 5.74) is 0.966. The van der Waals surface area contributed by atoms with Crippen molar-refractivity contribution in [1.29, 1.82) is 0 Å². The first-order valence-corrected chi connectivity index (χ1v) is 11.8. The zero-order chi connectivity index (χ0) is 21.6. The summed E-state index contributed by atoms with van der Waals surface area (Å²) in [7, 11) is 0. The molecule has 3 N–H and O–H groups in total. The van der Waals surface area contributed by atoms with Gasteiger partial charge in [-0.3, -0.25) is 24.1 Å². The number of carbonyl (C=O) groups is 3. The van der Waals surface area contributed by atoms with Crippen LogP contribution in [0.3, 0.4) is 0 Å². The van der Waals surface area contributed by atoms with E-state index in [-0.39, 0.29) is 51.4 Å². The van der Waals surface area contributed by atoms with E-state index >= 15 is 0 Å². The monoisotopic (exact) mass is 458 g/mol. The number of hydrogen-bond donors (Lipinski definition) is 3. The molecule has 4 aliphatic rings. The van der Waals surface area contributed by atoms with Gasteiger partial charge in [-0.05, 0) is 41.9 Å². The smallest absolute Gasteiger partial charge is 0.323 e. The van der Waals surface area contributed by atoms with E-state index in [0.717, 1.165) is 26.8 Å². The van der Waals surface area contributed by atoms with Crippen molar-refractivity contribution in [3.05, 3.63) is 44.4 Å². The minimum absolute atomic E-state index is 0.0311. The molecule has 1 aromatic carbocycles. The molecule has 2 amide bonds. The highest BCUT2D eigenvalue weighted by atomic mass is 32.2. The molecule has 0 spiro atoms. The number of rotatable bonds is 3. The largest absolute Gasteiger partial charge is 0.508 e. The summed E-state index contributed by atoms with van der Waals surface area (Å²) >= 11 is 2.76. The van der Waals surface area contributed by atoms with Gasteiger partial charge >= 0.3 is 10.8 Å². The number of carboxylic acid groups (broad SMARTS) is 1. The number of aromatic hydroxyl groups is 1. The molecular weight excluding hydrogens is 440 g/mol. The third kappa shape index (κ3) is 2.54. The Morgan fingerprint density at radius 2 is 1.77 bits per heavy atom. The average molecular weight is 459 g/mol. The molecule has 31 heavy (non-hydrogen) atoms. The van der Waals surface area contributed by atoms with Crippen LogP contribution in [0.25, 0.3) is 0 Å². The van der Waals surface area contributed by atoms with Gasteiger partial charge in [0.2, 0.25) is 11.8 Å². The van der Waals surface area contributed by atoms with E-state index in [1.165, 1.54) is 11.3 Å². The summed E-state index contributed by atoms with van der Waals surface area (Å²) < 4.78 is 0. The second kappa shape index (κ2) is 6.46. The van der Waals surface area contributed by atoms with Crippen molar-refractivity contribution in [2.24, 2.45) is 29.6 Å². The van der Waals surface area contributed by atoms with Crippen molar-refractivity contribution in [3.63, 3.8) is 0 Å². The van der Waals surface area contributed by atoms with E-state index in [2.05, 4.69) is 4.98 Å². The number of aliphatic carboxylic acids is 1. The van der Waals surface area contributed by atoms with Gasteiger partial charge in [0, 0.05) is 16.0 Å². The van der Waals surface area contributed by atoms with Crippen LogP contribution in [-0.4, -0.2) is 49.7 Å². The van der Waals surface area contributed by atoms with Crippen molar-refractivity contribution in [1.82, 2.24) is 9.88 Å². The van der Waals surface area contributed by atoms with Gasteiger partial charge in [0.05, 0.1) is 16.9 Å². The maximum absolute atomic E-state index is 13.1. The highest BCUT2D eigenvalue weighted by molar-refractivity contribution is 8.00. The number of hydrogen-bond acceptors (Lipinski definition) is 7. The fourth-order valence-electron chi connectivity index (χ4n) is 6.42. The minimum atomic E-state index is -1.19. The first kappa shape index (κ1) is 19.1. The predicted molar refractivity (Wildman–Crippen MR) is 111 cm³/mol. The Hall–Kier alpha value is -2.59. The van der Waals surface area contributed by atoms with Crippen molar-refractivity contribution in [3.8, 4) is 5.75 Å². The van der Waals surface area contributed by atoms with Crippen LogP contribution in [-0.2, 0) is 14.4 Å². The number of thiazole rings is 1. The van der Waals surface area contributed by atoms with Crippen LogP contribution in [0.4, 0.5) is 0 Å². The number of phenolic OH excluding ortho intramolecular Hbond substituents is 1. The van der Waals surface area contributed by atoms with Crippen LogP contribution in [0, 0.1) is 29.6 Å². The number of imide groups is 1. The molecule has 2 bridgehead atoms. The molecule has 10 heteroatoms. The molecule has 2 aliphatic heterocycles. The Kier molecular flexibility index (Phi) is 3.98. The fourth-order valence-corrected chi connectivity index (χ4v) is 9.31. The standard InChI is InChI=1S/C21H18N2O6S2/c24-8-3-1-7(2-4-8)12-13-9-5-10(16(13)30-18-17(12)31-21(29)22-18)15-14(9)19(27)23(20(15)28)6-11(25)26/h1-4,9-10,12-16,24H,5-6H2,(H,22,29)(H,25,26)/t9-,10-,12+,13-,14+,15-,16+/m1/s1. The second-order valence-electron chi connectivity index (χ2n) is 8.71. The van der Waals surface area contributed by atoms with Gasteiger partial charge in [-0.25, -0.2) is 0 Å². The molecule has 3 heterocycles. The number of nitrogens with zero attached hydrogens (tertiary/aromatic N) is 1. The number of H-pyrrole nitrogens is 1. The SMILES string of the molecule is O=C(O)CN1C(=O)[C@@H]2[C@H]3C[C@@H]([C@@H]2C1=O)[C@@H]1[C@H](c2ccc(O)cc2)c2sc(=O)[nH]c2S[C@@H]31. The lowest BCUT2D eigenvalue weighted by molar-refractivity contribution is -0.149. The lowest BCUT2D eigenvalue weighted by atomic mass is 9.68. The molecule has 3 fully saturated rings. The lowest BCUT2D eigenvalue weighted by Crippen LogP contribution is -2.42. The van der Waals surface area contributed by atoms with Gasteiger partial charge in [-0.2, -0.15) is 0 Å². The van der Waals surface area contributed by atoms with Crippen LogP contribution >= 0.6 is 23.1 Å². The minimum Gasteiger partial charge on any atom is -0.508 e. The Bertz CT molecular complexity index is 1190. The number of likely N-dealkylation sites (tertiary alicyclic amines) is 1. The predicted octanol–water partition coefficient (Wildman–Crippen LogP) is 1.70. The van der Waals surface area contributed by atoms with Gasteiger partial charge in [-0.1, -0.05) is 23.5 Å². The summed E-state index contributed by atoms with van der Waals surface area (Å²) in [5.74, 6) is -2.87. The summed E-state index contributed by atoms with van der Waals surface area (Å²) in [4.78, 5) is 54.1. The average Bonchev–Trinajstić information content (AvgIpc) is 3.44. The fraction of sp³-hybridized carbons (Fsp3) is 0.429. The van der Waals surface area contributed by atoms with E-state index in [9.17, 15) is 24.3 Å². The topological polar surface area (TPSA) is 128 Å². The van der Waals surface area contributed by atoms with Crippen LogP contribution in [0.1, 0.15) is 22.8 Å². The second-order valence-corrected chi connectivity index (χ2v) is 10.9. The number of phenols is 1.